The highest BCUT2D eigenvalue weighted by molar-refractivity contribution is 7.99. The maximum absolute atomic E-state index is 11.7. The van der Waals surface area contributed by atoms with Crippen LogP contribution in [0.4, 0.5) is 13.2 Å². The molecule has 0 bridgehead atoms. The number of hydrogen-bond donors (Lipinski definition) is 1. The van der Waals surface area contributed by atoms with Gasteiger partial charge in [0.1, 0.15) is 0 Å². The standard InChI is InChI=1S/C10H9F3O3S/c11-10(12,13)16-5-6-17-8-4-2-1-3-7(8)9(14)15/h1-4H,5-6H2,(H,14,15). The number of carboxylic acid groups (broad SMARTS) is 1. The molecule has 0 spiro atoms. The maximum atomic E-state index is 11.7. The van der Waals surface area contributed by atoms with Crippen molar-refractivity contribution in [3.63, 3.8) is 0 Å². The van der Waals surface area contributed by atoms with Gasteiger partial charge >= 0.3 is 12.3 Å². The summed E-state index contributed by atoms with van der Waals surface area (Å²) in [7, 11) is 0. The van der Waals surface area contributed by atoms with Crippen molar-refractivity contribution < 1.29 is 27.8 Å². The molecule has 3 nitrogen and oxygen atoms in total. The number of ether oxygens (including phenoxy) is 1. The van der Waals surface area contributed by atoms with Gasteiger partial charge in [0.05, 0.1) is 12.2 Å². The highest BCUT2D eigenvalue weighted by Crippen LogP contribution is 2.23. The summed E-state index contributed by atoms with van der Waals surface area (Å²) in [5, 5.41) is 8.83. The number of carbonyl (C=O) groups is 1. The molecular weight excluding hydrogens is 257 g/mol. The van der Waals surface area contributed by atoms with Crippen molar-refractivity contribution >= 4 is 17.7 Å². The first-order valence-corrected chi connectivity index (χ1v) is 5.54. The average molecular weight is 266 g/mol. The first-order valence-electron chi connectivity index (χ1n) is 4.56. The number of benzene rings is 1. The zero-order valence-electron chi connectivity index (χ0n) is 8.53. The molecule has 0 atom stereocenters. The summed E-state index contributed by atoms with van der Waals surface area (Å²) < 4.78 is 38.6. The van der Waals surface area contributed by atoms with Crippen LogP contribution in [0.15, 0.2) is 29.2 Å². The molecule has 0 unspecified atom stereocenters. The van der Waals surface area contributed by atoms with E-state index in [1.54, 1.807) is 18.2 Å². The Morgan fingerprint density at radius 1 is 1.35 bits per heavy atom. The monoisotopic (exact) mass is 266 g/mol. The Labute approximate surface area is 99.6 Å². The minimum Gasteiger partial charge on any atom is -0.478 e. The molecule has 1 N–H and O–H groups in total. The number of thioether (sulfide) groups is 1. The third-order valence-electron chi connectivity index (χ3n) is 1.72. The van der Waals surface area contributed by atoms with Crippen LogP contribution in [0.3, 0.4) is 0 Å². The fourth-order valence-corrected chi connectivity index (χ4v) is 1.95. The molecule has 0 aliphatic carbocycles. The smallest absolute Gasteiger partial charge is 0.478 e. The van der Waals surface area contributed by atoms with E-state index < -0.39 is 18.9 Å². The SMILES string of the molecule is O=C(O)c1ccccc1SCCOC(F)(F)F. The lowest BCUT2D eigenvalue weighted by Crippen LogP contribution is -2.15. The van der Waals surface area contributed by atoms with Gasteiger partial charge in [0.2, 0.25) is 0 Å². The molecule has 0 heterocycles. The fourth-order valence-electron chi connectivity index (χ4n) is 1.08. The van der Waals surface area contributed by atoms with Gasteiger partial charge in [0.25, 0.3) is 0 Å². The second-order valence-corrected chi connectivity index (χ2v) is 4.08. The van der Waals surface area contributed by atoms with Gasteiger partial charge in [-0.3, -0.25) is 4.74 Å². The summed E-state index contributed by atoms with van der Waals surface area (Å²) in [6, 6.07) is 6.12. The van der Waals surface area contributed by atoms with Crippen LogP contribution in [0.5, 0.6) is 0 Å². The number of alkyl halides is 3. The third-order valence-corrected chi connectivity index (χ3v) is 2.76. The molecule has 7 heteroatoms. The van der Waals surface area contributed by atoms with Gasteiger partial charge in [-0.1, -0.05) is 12.1 Å². The molecule has 1 aromatic carbocycles. The van der Waals surface area contributed by atoms with E-state index in [2.05, 4.69) is 4.74 Å². The lowest BCUT2D eigenvalue weighted by Gasteiger charge is -2.08. The van der Waals surface area contributed by atoms with Crippen LogP contribution in [-0.4, -0.2) is 29.8 Å². The number of rotatable bonds is 5. The van der Waals surface area contributed by atoms with Crippen LogP contribution in [-0.2, 0) is 4.74 Å². The molecule has 0 amide bonds. The minimum absolute atomic E-state index is 0.0316. The summed E-state index contributed by atoms with van der Waals surface area (Å²) in [5.41, 5.74) is 0.0736. The Bertz CT molecular complexity index is 393. The van der Waals surface area contributed by atoms with Crippen molar-refractivity contribution in [2.75, 3.05) is 12.4 Å². The van der Waals surface area contributed by atoms with Crippen molar-refractivity contribution in [1.82, 2.24) is 0 Å². The van der Waals surface area contributed by atoms with E-state index in [0.29, 0.717) is 4.90 Å². The van der Waals surface area contributed by atoms with E-state index in [4.69, 9.17) is 5.11 Å². The van der Waals surface area contributed by atoms with E-state index in [9.17, 15) is 18.0 Å². The lowest BCUT2D eigenvalue weighted by atomic mass is 10.2. The summed E-state index contributed by atoms with van der Waals surface area (Å²) in [6.45, 7) is -0.512. The van der Waals surface area contributed by atoms with Gasteiger partial charge in [0.15, 0.2) is 0 Å². The first-order chi connectivity index (χ1) is 7.90. The Balaban J connectivity index is 2.49. The van der Waals surface area contributed by atoms with E-state index in [-0.39, 0.29) is 11.3 Å². The second-order valence-electron chi connectivity index (χ2n) is 2.94. The molecule has 94 valence electrons. The van der Waals surface area contributed by atoms with Crippen molar-refractivity contribution in [3.05, 3.63) is 29.8 Å². The van der Waals surface area contributed by atoms with Crippen molar-refractivity contribution in [2.24, 2.45) is 0 Å². The van der Waals surface area contributed by atoms with Gasteiger partial charge in [0, 0.05) is 10.6 Å². The van der Waals surface area contributed by atoms with Crippen LogP contribution in [0.2, 0.25) is 0 Å². The molecule has 0 saturated heterocycles. The Kier molecular flexibility index (Phi) is 4.83. The topological polar surface area (TPSA) is 46.5 Å². The predicted molar refractivity (Wildman–Crippen MR) is 56.1 cm³/mol. The van der Waals surface area contributed by atoms with Crippen LogP contribution in [0.1, 0.15) is 10.4 Å². The van der Waals surface area contributed by atoms with Gasteiger partial charge in [-0.25, -0.2) is 4.79 Å². The van der Waals surface area contributed by atoms with Crippen molar-refractivity contribution in [3.8, 4) is 0 Å². The Morgan fingerprint density at radius 2 is 2.00 bits per heavy atom. The Morgan fingerprint density at radius 3 is 2.59 bits per heavy atom. The Hall–Kier alpha value is -1.21. The van der Waals surface area contributed by atoms with Gasteiger partial charge in [-0.15, -0.1) is 24.9 Å². The van der Waals surface area contributed by atoms with Crippen LogP contribution in [0.25, 0.3) is 0 Å². The van der Waals surface area contributed by atoms with E-state index >= 15 is 0 Å². The largest absolute Gasteiger partial charge is 0.522 e. The highest BCUT2D eigenvalue weighted by Gasteiger charge is 2.28. The molecule has 0 radical (unpaired) electrons. The molecule has 0 aromatic heterocycles. The predicted octanol–water partition coefficient (Wildman–Crippen LogP) is 3.01. The summed E-state index contributed by atoms with van der Waals surface area (Å²) >= 11 is 1.01. The van der Waals surface area contributed by atoms with Gasteiger partial charge in [-0.05, 0) is 12.1 Å². The van der Waals surface area contributed by atoms with Crippen LogP contribution in [0, 0.1) is 0 Å². The van der Waals surface area contributed by atoms with Crippen molar-refractivity contribution in [1.29, 1.82) is 0 Å². The quantitative estimate of drug-likeness (QED) is 0.657. The molecule has 17 heavy (non-hydrogen) atoms. The summed E-state index contributed by atoms with van der Waals surface area (Å²) in [6.07, 6.45) is -4.65. The zero-order valence-corrected chi connectivity index (χ0v) is 9.35. The van der Waals surface area contributed by atoms with Crippen LogP contribution >= 0.6 is 11.8 Å². The van der Waals surface area contributed by atoms with E-state index in [1.807, 2.05) is 0 Å². The fraction of sp³-hybridized carbons (Fsp3) is 0.300. The zero-order chi connectivity index (χ0) is 12.9. The summed E-state index contributed by atoms with van der Waals surface area (Å²) in [4.78, 5) is 11.2. The minimum atomic E-state index is -4.65. The number of halogens is 3. The van der Waals surface area contributed by atoms with Gasteiger partial charge < -0.3 is 5.11 Å². The number of hydrogen-bond acceptors (Lipinski definition) is 3. The third kappa shape index (κ3) is 5.10. The molecule has 0 aliphatic heterocycles. The molecule has 1 rings (SSSR count). The normalized spacial score (nSPS) is 11.5. The molecule has 0 fully saturated rings. The van der Waals surface area contributed by atoms with E-state index in [1.165, 1.54) is 6.07 Å². The first kappa shape index (κ1) is 13.9. The second kappa shape index (κ2) is 5.92. The number of aromatic carboxylic acids is 1. The highest BCUT2D eigenvalue weighted by atomic mass is 32.2. The lowest BCUT2D eigenvalue weighted by molar-refractivity contribution is -0.322. The average Bonchev–Trinajstić information content (AvgIpc) is 2.23. The molecule has 0 aliphatic rings. The van der Waals surface area contributed by atoms with Crippen LogP contribution < -0.4 is 0 Å². The molecule has 1 aromatic rings. The summed E-state index contributed by atoms with van der Waals surface area (Å²) in [5.74, 6) is -1.08. The molecular formula is C10H9F3O3S. The van der Waals surface area contributed by atoms with E-state index in [0.717, 1.165) is 11.8 Å². The van der Waals surface area contributed by atoms with Gasteiger partial charge in [-0.2, -0.15) is 0 Å². The van der Waals surface area contributed by atoms with Crippen molar-refractivity contribution in [2.45, 2.75) is 11.3 Å². The molecule has 0 saturated carbocycles. The number of carboxylic acids is 1. The maximum Gasteiger partial charge on any atom is 0.522 e.